The molecule has 1 saturated heterocycles. The van der Waals surface area contributed by atoms with Crippen molar-refractivity contribution >= 4 is 17.5 Å². The van der Waals surface area contributed by atoms with Crippen molar-refractivity contribution in [3.63, 3.8) is 0 Å². The molecular weight excluding hydrogens is 322 g/mol. The largest absolute Gasteiger partial charge is 0.444 e. The number of benzene rings is 1. The average molecular weight is 347 g/mol. The SMILES string of the molecule is CC(C)(C)OC(=O)N1CCC2(CC(Nc3ccccc3[N+](=O)[O-])C2)C1. The van der Waals surface area contributed by atoms with Crippen LogP contribution in [0, 0.1) is 15.5 Å². The van der Waals surface area contributed by atoms with E-state index in [1.165, 1.54) is 6.07 Å². The fourth-order valence-electron chi connectivity index (χ4n) is 3.81. The number of rotatable bonds is 3. The van der Waals surface area contributed by atoms with Crippen molar-refractivity contribution in [1.82, 2.24) is 4.90 Å². The van der Waals surface area contributed by atoms with Gasteiger partial charge in [-0.3, -0.25) is 10.1 Å². The highest BCUT2D eigenvalue weighted by Crippen LogP contribution is 2.49. The third kappa shape index (κ3) is 3.86. The van der Waals surface area contributed by atoms with E-state index in [0.717, 1.165) is 19.3 Å². The molecule has 1 spiro atoms. The van der Waals surface area contributed by atoms with Gasteiger partial charge in [0.25, 0.3) is 5.69 Å². The summed E-state index contributed by atoms with van der Waals surface area (Å²) in [5, 5.41) is 14.4. The van der Waals surface area contributed by atoms with E-state index in [-0.39, 0.29) is 28.2 Å². The van der Waals surface area contributed by atoms with Crippen molar-refractivity contribution in [3.8, 4) is 0 Å². The Kier molecular flexibility index (Phi) is 4.34. The second kappa shape index (κ2) is 6.20. The van der Waals surface area contributed by atoms with Gasteiger partial charge in [0.15, 0.2) is 0 Å². The smallest absolute Gasteiger partial charge is 0.410 e. The number of nitro groups is 1. The van der Waals surface area contributed by atoms with Gasteiger partial charge in [-0.05, 0) is 51.5 Å². The van der Waals surface area contributed by atoms with E-state index in [2.05, 4.69) is 5.32 Å². The maximum atomic E-state index is 12.2. The molecule has 25 heavy (non-hydrogen) atoms. The summed E-state index contributed by atoms with van der Waals surface area (Å²) in [5.74, 6) is 0. The summed E-state index contributed by atoms with van der Waals surface area (Å²) >= 11 is 0. The quantitative estimate of drug-likeness (QED) is 0.664. The van der Waals surface area contributed by atoms with E-state index in [0.29, 0.717) is 18.8 Å². The van der Waals surface area contributed by atoms with Crippen molar-refractivity contribution in [2.75, 3.05) is 18.4 Å². The summed E-state index contributed by atoms with van der Waals surface area (Å²) in [4.78, 5) is 24.7. The highest BCUT2D eigenvalue weighted by Gasteiger charge is 2.50. The van der Waals surface area contributed by atoms with Gasteiger partial charge in [-0.15, -0.1) is 0 Å². The number of hydrogen-bond acceptors (Lipinski definition) is 5. The minimum atomic E-state index is -0.483. The minimum absolute atomic E-state index is 0.102. The van der Waals surface area contributed by atoms with E-state index in [1.54, 1.807) is 23.1 Å². The molecule has 0 aromatic heterocycles. The fourth-order valence-corrected chi connectivity index (χ4v) is 3.81. The maximum absolute atomic E-state index is 12.2. The third-order valence-corrected chi connectivity index (χ3v) is 4.91. The number of nitrogens with zero attached hydrogens (tertiary/aromatic N) is 2. The number of ether oxygens (including phenoxy) is 1. The lowest BCUT2D eigenvalue weighted by molar-refractivity contribution is -0.384. The van der Waals surface area contributed by atoms with Gasteiger partial charge in [-0.2, -0.15) is 0 Å². The van der Waals surface area contributed by atoms with Gasteiger partial charge in [-0.1, -0.05) is 12.1 Å². The molecule has 1 aliphatic carbocycles. The molecule has 0 atom stereocenters. The molecule has 7 heteroatoms. The molecule has 3 rings (SSSR count). The molecule has 1 amide bonds. The van der Waals surface area contributed by atoms with Crippen LogP contribution in [0.1, 0.15) is 40.0 Å². The Labute approximate surface area is 147 Å². The van der Waals surface area contributed by atoms with E-state index < -0.39 is 5.60 Å². The first-order chi connectivity index (χ1) is 11.7. The van der Waals surface area contributed by atoms with Crippen LogP contribution in [0.15, 0.2) is 24.3 Å². The Morgan fingerprint density at radius 2 is 2.04 bits per heavy atom. The summed E-state index contributed by atoms with van der Waals surface area (Å²) < 4.78 is 5.44. The molecule has 136 valence electrons. The molecule has 1 aliphatic heterocycles. The Morgan fingerprint density at radius 3 is 2.68 bits per heavy atom. The molecule has 0 bridgehead atoms. The number of anilines is 1. The van der Waals surface area contributed by atoms with Crippen LogP contribution >= 0.6 is 0 Å². The maximum Gasteiger partial charge on any atom is 0.410 e. The third-order valence-electron chi connectivity index (χ3n) is 4.91. The van der Waals surface area contributed by atoms with E-state index >= 15 is 0 Å². The fraction of sp³-hybridized carbons (Fsp3) is 0.611. The van der Waals surface area contributed by atoms with E-state index in [9.17, 15) is 14.9 Å². The highest BCUT2D eigenvalue weighted by atomic mass is 16.6. The number of nitro benzene ring substituents is 1. The number of hydrogen-bond donors (Lipinski definition) is 1. The summed E-state index contributed by atoms with van der Waals surface area (Å²) in [5.41, 5.74) is 0.306. The van der Waals surface area contributed by atoms with Crippen LogP contribution in [0.25, 0.3) is 0 Å². The predicted octanol–water partition coefficient (Wildman–Crippen LogP) is 3.80. The average Bonchev–Trinajstić information content (AvgIpc) is 2.91. The Hall–Kier alpha value is -2.31. The second-order valence-corrected chi connectivity index (χ2v) is 8.18. The van der Waals surface area contributed by atoms with Crippen LogP contribution in [0.2, 0.25) is 0 Å². The molecule has 2 fully saturated rings. The lowest BCUT2D eigenvalue weighted by Gasteiger charge is -2.45. The monoisotopic (exact) mass is 347 g/mol. The Morgan fingerprint density at radius 1 is 1.36 bits per heavy atom. The van der Waals surface area contributed by atoms with Crippen molar-refractivity contribution in [3.05, 3.63) is 34.4 Å². The standard InChI is InChI=1S/C18H25N3O4/c1-17(2,3)25-16(22)20-9-8-18(12-20)10-13(11-18)19-14-6-4-5-7-15(14)21(23)24/h4-7,13,19H,8-12H2,1-3H3. The van der Waals surface area contributed by atoms with Crippen LogP contribution in [0.5, 0.6) is 0 Å². The van der Waals surface area contributed by atoms with Crippen LogP contribution in [-0.2, 0) is 4.74 Å². The minimum Gasteiger partial charge on any atom is -0.444 e. The van der Waals surface area contributed by atoms with Crippen LogP contribution in [0.4, 0.5) is 16.2 Å². The zero-order valence-electron chi connectivity index (χ0n) is 14.9. The first-order valence-electron chi connectivity index (χ1n) is 8.65. The number of nitrogens with one attached hydrogen (secondary N) is 1. The first kappa shape index (κ1) is 17.5. The molecular formula is C18H25N3O4. The summed E-state index contributed by atoms with van der Waals surface area (Å²) in [6, 6.07) is 6.92. The molecule has 0 radical (unpaired) electrons. The summed E-state index contributed by atoms with van der Waals surface area (Å²) in [6.07, 6.45) is 2.54. The summed E-state index contributed by atoms with van der Waals surface area (Å²) in [7, 11) is 0. The lowest BCUT2D eigenvalue weighted by Crippen LogP contribution is -2.47. The first-order valence-corrected chi connectivity index (χ1v) is 8.65. The van der Waals surface area contributed by atoms with Crippen molar-refractivity contribution in [1.29, 1.82) is 0 Å². The molecule has 1 saturated carbocycles. The van der Waals surface area contributed by atoms with Crippen molar-refractivity contribution in [2.45, 2.75) is 51.7 Å². The molecule has 2 aliphatic rings. The van der Waals surface area contributed by atoms with Gasteiger partial charge < -0.3 is 15.0 Å². The molecule has 0 unspecified atom stereocenters. The number of para-hydroxylation sites is 2. The van der Waals surface area contributed by atoms with Gasteiger partial charge in [0.2, 0.25) is 0 Å². The zero-order chi connectivity index (χ0) is 18.2. The van der Waals surface area contributed by atoms with Gasteiger partial charge in [-0.25, -0.2) is 4.79 Å². The van der Waals surface area contributed by atoms with Crippen LogP contribution in [-0.4, -0.2) is 40.6 Å². The highest BCUT2D eigenvalue weighted by molar-refractivity contribution is 5.68. The number of likely N-dealkylation sites (tertiary alicyclic amines) is 1. The van der Waals surface area contributed by atoms with Gasteiger partial charge in [0.05, 0.1) is 4.92 Å². The van der Waals surface area contributed by atoms with E-state index in [4.69, 9.17) is 4.74 Å². The van der Waals surface area contributed by atoms with Crippen LogP contribution in [0.3, 0.4) is 0 Å². The predicted molar refractivity (Wildman–Crippen MR) is 94.6 cm³/mol. The lowest BCUT2D eigenvalue weighted by atomic mass is 9.65. The topological polar surface area (TPSA) is 84.7 Å². The van der Waals surface area contributed by atoms with Gasteiger partial charge >= 0.3 is 6.09 Å². The van der Waals surface area contributed by atoms with Gasteiger partial charge in [0, 0.05) is 25.2 Å². The molecule has 7 nitrogen and oxygen atoms in total. The molecule has 1 N–H and O–H groups in total. The number of carbonyl (C=O) groups excluding carboxylic acids is 1. The molecule has 1 aromatic rings. The number of carbonyl (C=O) groups is 1. The number of amides is 1. The van der Waals surface area contributed by atoms with Gasteiger partial charge in [0.1, 0.15) is 11.3 Å². The molecule has 1 heterocycles. The van der Waals surface area contributed by atoms with Crippen molar-refractivity contribution < 1.29 is 14.5 Å². The Bertz CT molecular complexity index is 677. The zero-order valence-corrected chi connectivity index (χ0v) is 14.9. The molecule has 1 aromatic carbocycles. The van der Waals surface area contributed by atoms with Crippen LogP contribution < -0.4 is 5.32 Å². The van der Waals surface area contributed by atoms with E-state index in [1.807, 2.05) is 20.8 Å². The Balaban J connectivity index is 1.55. The summed E-state index contributed by atoms with van der Waals surface area (Å²) in [6.45, 7) is 7.02. The normalized spacial score (nSPS) is 25.6. The van der Waals surface area contributed by atoms with Crippen molar-refractivity contribution in [2.24, 2.45) is 5.41 Å². The second-order valence-electron chi connectivity index (χ2n) is 8.18.